The third kappa shape index (κ3) is 5.44. The zero-order chi connectivity index (χ0) is 27.5. The molecular weight excluding hydrogens is 468 g/mol. The summed E-state index contributed by atoms with van der Waals surface area (Å²) in [6.07, 6.45) is 15.7. The van der Waals surface area contributed by atoms with Gasteiger partial charge in [0.2, 0.25) is 0 Å². The molecule has 0 heterocycles. The molecule has 0 heteroatoms. The molecule has 0 amide bonds. The number of fused-ring (bicyclic) bond motifs is 1. The van der Waals surface area contributed by atoms with Crippen molar-refractivity contribution in [1.82, 2.24) is 0 Å². The van der Waals surface area contributed by atoms with E-state index in [4.69, 9.17) is 6.58 Å². The van der Waals surface area contributed by atoms with Crippen LogP contribution in [0.15, 0.2) is 138 Å². The molecule has 2 aromatic rings. The van der Waals surface area contributed by atoms with E-state index in [0.29, 0.717) is 5.92 Å². The molecule has 1 fully saturated rings. The molecule has 198 valence electrons. The number of hydrogen-bond acceptors (Lipinski definition) is 0. The summed E-state index contributed by atoms with van der Waals surface area (Å²) in [7, 11) is 0. The normalized spacial score (nSPS) is 21.6. The predicted octanol–water partition coefficient (Wildman–Crippen LogP) is 11.1. The predicted molar refractivity (Wildman–Crippen MR) is 170 cm³/mol. The molecule has 0 N–H and O–H groups in total. The van der Waals surface area contributed by atoms with Crippen molar-refractivity contribution in [2.45, 2.75) is 65.2 Å². The van der Waals surface area contributed by atoms with E-state index in [0.717, 1.165) is 38.5 Å². The van der Waals surface area contributed by atoms with E-state index >= 15 is 0 Å². The zero-order valence-electron chi connectivity index (χ0n) is 24.0. The number of hydrogen-bond donors (Lipinski definition) is 0. The Morgan fingerprint density at radius 1 is 0.846 bits per heavy atom. The van der Waals surface area contributed by atoms with Crippen LogP contribution in [0, 0.1) is 5.92 Å². The molecule has 2 aromatic carbocycles. The van der Waals surface area contributed by atoms with Crippen molar-refractivity contribution in [2.24, 2.45) is 5.92 Å². The van der Waals surface area contributed by atoms with Crippen molar-refractivity contribution in [1.29, 1.82) is 0 Å². The van der Waals surface area contributed by atoms with Gasteiger partial charge in [-0.1, -0.05) is 136 Å². The lowest BCUT2D eigenvalue weighted by Gasteiger charge is -2.34. The Labute approximate surface area is 236 Å². The van der Waals surface area contributed by atoms with Gasteiger partial charge in [-0.25, -0.2) is 0 Å². The summed E-state index contributed by atoms with van der Waals surface area (Å²) in [6.45, 7) is 20.2. The summed E-state index contributed by atoms with van der Waals surface area (Å²) >= 11 is 0. The molecule has 3 aliphatic rings. The molecule has 2 unspecified atom stereocenters. The van der Waals surface area contributed by atoms with Crippen molar-refractivity contribution in [2.75, 3.05) is 0 Å². The number of allylic oxidation sites excluding steroid dienone is 13. The van der Waals surface area contributed by atoms with Crippen LogP contribution in [0.3, 0.4) is 0 Å². The molecule has 0 radical (unpaired) electrons. The van der Waals surface area contributed by atoms with Crippen LogP contribution in [0.1, 0.15) is 81.9 Å². The second kappa shape index (κ2) is 11.6. The Balaban J connectivity index is 1.37. The molecule has 0 nitrogen and oxygen atoms in total. The first-order valence-corrected chi connectivity index (χ1v) is 14.6. The topological polar surface area (TPSA) is 0 Å². The molecule has 1 saturated carbocycles. The Morgan fingerprint density at radius 3 is 2.23 bits per heavy atom. The maximum Gasteiger partial charge on any atom is 0.0201 e. The van der Waals surface area contributed by atoms with E-state index in [2.05, 4.69) is 113 Å². The zero-order valence-corrected chi connectivity index (χ0v) is 24.0. The highest BCUT2D eigenvalue weighted by molar-refractivity contribution is 5.75. The lowest BCUT2D eigenvalue weighted by atomic mass is 9.69. The van der Waals surface area contributed by atoms with Crippen LogP contribution >= 0.6 is 0 Å². The van der Waals surface area contributed by atoms with Gasteiger partial charge in [-0.05, 0) is 88.3 Å². The van der Waals surface area contributed by atoms with Gasteiger partial charge in [0.05, 0.1) is 0 Å². The molecular formula is C39H42. The molecule has 0 saturated heterocycles. The van der Waals surface area contributed by atoms with Crippen LogP contribution in [0.4, 0.5) is 0 Å². The van der Waals surface area contributed by atoms with E-state index in [1.807, 2.05) is 0 Å². The molecule has 0 aliphatic heterocycles. The minimum Gasteiger partial charge on any atom is -0.0955 e. The average molecular weight is 511 g/mol. The van der Waals surface area contributed by atoms with Crippen LogP contribution in [0.5, 0.6) is 0 Å². The van der Waals surface area contributed by atoms with Crippen molar-refractivity contribution in [3.8, 4) is 0 Å². The van der Waals surface area contributed by atoms with Gasteiger partial charge in [0.15, 0.2) is 0 Å². The summed E-state index contributed by atoms with van der Waals surface area (Å²) in [4.78, 5) is 0. The van der Waals surface area contributed by atoms with Crippen molar-refractivity contribution >= 4 is 11.1 Å². The van der Waals surface area contributed by atoms with Crippen molar-refractivity contribution < 1.29 is 0 Å². The average Bonchev–Trinajstić information content (AvgIpc) is 3.53. The van der Waals surface area contributed by atoms with E-state index in [1.54, 1.807) is 0 Å². The minimum absolute atomic E-state index is 0.288. The summed E-state index contributed by atoms with van der Waals surface area (Å²) in [5.74, 6) is 0.597. The van der Waals surface area contributed by atoms with Crippen LogP contribution in [0.25, 0.3) is 11.1 Å². The lowest BCUT2D eigenvalue weighted by Crippen LogP contribution is -2.21. The molecule has 0 aromatic heterocycles. The van der Waals surface area contributed by atoms with Crippen molar-refractivity contribution in [3.63, 3.8) is 0 Å². The maximum atomic E-state index is 4.71. The van der Waals surface area contributed by atoms with Crippen LogP contribution in [-0.4, -0.2) is 0 Å². The van der Waals surface area contributed by atoms with Gasteiger partial charge in [-0.15, -0.1) is 0 Å². The first-order chi connectivity index (χ1) is 18.9. The smallest absolute Gasteiger partial charge is 0.0201 e. The van der Waals surface area contributed by atoms with Gasteiger partial charge in [-0.2, -0.15) is 0 Å². The van der Waals surface area contributed by atoms with Gasteiger partial charge >= 0.3 is 0 Å². The van der Waals surface area contributed by atoms with Crippen molar-refractivity contribution in [3.05, 3.63) is 154 Å². The monoisotopic (exact) mass is 510 g/mol. The second-order valence-corrected chi connectivity index (χ2v) is 11.4. The number of benzene rings is 2. The third-order valence-corrected chi connectivity index (χ3v) is 8.61. The van der Waals surface area contributed by atoms with Gasteiger partial charge in [0.1, 0.15) is 0 Å². The van der Waals surface area contributed by atoms with E-state index in [9.17, 15) is 0 Å². The Bertz CT molecular complexity index is 1440. The molecule has 2 atom stereocenters. The molecule has 5 rings (SSSR count). The van der Waals surface area contributed by atoms with E-state index in [-0.39, 0.29) is 5.92 Å². The lowest BCUT2D eigenvalue weighted by molar-refractivity contribution is 0.619. The summed E-state index contributed by atoms with van der Waals surface area (Å²) in [5.41, 5.74) is 16.1. The fourth-order valence-electron chi connectivity index (χ4n) is 6.72. The second-order valence-electron chi connectivity index (χ2n) is 11.4. The van der Waals surface area contributed by atoms with Gasteiger partial charge < -0.3 is 0 Å². The van der Waals surface area contributed by atoms with Crippen LogP contribution in [0.2, 0.25) is 0 Å². The van der Waals surface area contributed by atoms with Crippen LogP contribution < -0.4 is 0 Å². The van der Waals surface area contributed by atoms with Crippen LogP contribution in [-0.2, 0) is 0 Å². The Kier molecular flexibility index (Phi) is 8.03. The standard InChI is InChI=1S/C39H42/c1-7-12-26(3)31-18-20-32(21-19-31)34-17-16-30(23-34)24-35-25-36-22-28(5)37(27(4)13-8-2)39(38(36)29(35)6)33-14-10-9-11-15-33/h9-11,14-22,24,38-39H,3-4,6-8,12-13,23,25H2,1-2,5H3/b35-24+. The molecule has 0 bridgehead atoms. The largest absolute Gasteiger partial charge is 0.0955 e. The fraction of sp³-hybridized carbons (Fsp3) is 0.282. The fourth-order valence-corrected chi connectivity index (χ4v) is 6.72. The highest BCUT2D eigenvalue weighted by Crippen LogP contribution is 2.55. The quantitative estimate of drug-likeness (QED) is 0.315. The van der Waals surface area contributed by atoms with E-state index < -0.39 is 0 Å². The van der Waals surface area contributed by atoms with Gasteiger partial charge in [-0.3, -0.25) is 0 Å². The third-order valence-electron chi connectivity index (χ3n) is 8.61. The summed E-state index contributed by atoms with van der Waals surface area (Å²) in [5, 5.41) is 0. The first kappa shape index (κ1) is 26.9. The Morgan fingerprint density at radius 2 is 1.54 bits per heavy atom. The highest BCUT2D eigenvalue weighted by atomic mass is 14.4. The maximum absolute atomic E-state index is 4.71. The SMILES string of the molecule is C=C(CCC)C1=C(C)C=C2C/C(=C\C3=CC=C(c4ccc(C(=C)CCC)cc4)C3)C(=C)C2C1c1ccccc1. The molecule has 3 aliphatic carbocycles. The summed E-state index contributed by atoms with van der Waals surface area (Å²) in [6, 6.07) is 20.0. The van der Waals surface area contributed by atoms with Gasteiger partial charge in [0, 0.05) is 11.8 Å². The summed E-state index contributed by atoms with van der Waals surface area (Å²) < 4.78 is 0. The first-order valence-electron chi connectivity index (χ1n) is 14.6. The van der Waals surface area contributed by atoms with Gasteiger partial charge in [0.25, 0.3) is 0 Å². The number of rotatable bonds is 9. The molecule has 0 spiro atoms. The van der Waals surface area contributed by atoms with E-state index in [1.165, 1.54) is 66.8 Å². The Hall–Kier alpha value is -3.64. The minimum atomic E-state index is 0.288. The highest BCUT2D eigenvalue weighted by Gasteiger charge is 2.40. The molecule has 39 heavy (non-hydrogen) atoms.